The van der Waals surface area contributed by atoms with Gasteiger partial charge in [0.25, 0.3) is 0 Å². The normalized spacial score (nSPS) is 16.6. The Bertz CT molecular complexity index is 1450. The number of alkyl carbamates (subject to hydrolysis) is 1. The van der Waals surface area contributed by atoms with Crippen LogP contribution in [0.25, 0.3) is 10.9 Å². The highest BCUT2D eigenvalue weighted by Crippen LogP contribution is 2.25. The van der Waals surface area contributed by atoms with Gasteiger partial charge < -0.3 is 24.7 Å². The molecule has 218 valence electrons. The molecule has 4 rings (SSSR count). The van der Waals surface area contributed by atoms with Crippen molar-refractivity contribution in [3.8, 4) is 0 Å². The molecule has 41 heavy (non-hydrogen) atoms. The summed E-state index contributed by atoms with van der Waals surface area (Å²) in [6.45, 7) is 9.72. The SMILES string of the molecule is Cc1cccc2nc([C@@H](NC(=O)[C@@H]3CCCN3C(=O)[C@@H](NC(=O)OCc3ccccc3)C(C)C)C(C)C)oc(=O)c12. The van der Waals surface area contributed by atoms with Crippen LogP contribution in [-0.2, 0) is 20.9 Å². The topological polar surface area (TPSA) is 131 Å². The zero-order valence-electron chi connectivity index (χ0n) is 24.2. The maximum atomic E-state index is 13.6. The highest BCUT2D eigenvalue weighted by Gasteiger charge is 2.40. The van der Waals surface area contributed by atoms with Gasteiger partial charge in [0.05, 0.1) is 10.9 Å². The summed E-state index contributed by atoms with van der Waals surface area (Å²) in [6.07, 6.45) is 0.413. The number of carbonyl (C=O) groups is 3. The summed E-state index contributed by atoms with van der Waals surface area (Å²) in [4.78, 5) is 58.6. The average molecular weight is 563 g/mol. The Labute approximate surface area is 239 Å². The molecule has 0 bridgehead atoms. The third kappa shape index (κ3) is 6.93. The van der Waals surface area contributed by atoms with E-state index in [0.29, 0.717) is 30.3 Å². The molecule has 0 unspecified atom stereocenters. The summed E-state index contributed by atoms with van der Waals surface area (Å²) in [7, 11) is 0. The molecular weight excluding hydrogens is 524 g/mol. The Hall–Kier alpha value is -4.21. The lowest BCUT2D eigenvalue weighted by Crippen LogP contribution is -2.55. The molecule has 1 aliphatic rings. The number of nitrogens with one attached hydrogen (secondary N) is 2. The Morgan fingerprint density at radius 1 is 1.02 bits per heavy atom. The molecule has 1 aliphatic heterocycles. The quantitative estimate of drug-likeness (QED) is 0.399. The number of fused-ring (bicyclic) bond motifs is 1. The molecule has 3 amide bonds. The van der Waals surface area contributed by atoms with Gasteiger partial charge in [-0.1, -0.05) is 70.2 Å². The van der Waals surface area contributed by atoms with Crippen LogP contribution in [0.5, 0.6) is 0 Å². The lowest BCUT2D eigenvalue weighted by molar-refractivity contribution is -0.141. The molecule has 2 heterocycles. The molecule has 0 spiro atoms. The Morgan fingerprint density at radius 3 is 2.44 bits per heavy atom. The zero-order valence-corrected chi connectivity index (χ0v) is 24.2. The van der Waals surface area contributed by atoms with E-state index in [1.807, 2.05) is 77.1 Å². The van der Waals surface area contributed by atoms with Gasteiger partial charge in [0, 0.05) is 6.54 Å². The van der Waals surface area contributed by atoms with Crippen molar-refractivity contribution in [2.45, 2.75) is 72.2 Å². The minimum absolute atomic E-state index is 0.0789. The molecule has 3 aromatic rings. The molecule has 0 radical (unpaired) electrons. The predicted octanol–water partition coefficient (Wildman–Crippen LogP) is 4.25. The molecule has 3 atom stereocenters. The number of hydrogen-bond donors (Lipinski definition) is 2. The monoisotopic (exact) mass is 562 g/mol. The number of aromatic nitrogens is 1. The first-order valence-corrected chi connectivity index (χ1v) is 14.0. The number of amides is 3. The van der Waals surface area contributed by atoms with Crippen molar-refractivity contribution in [2.75, 3.05) is 6.54 Å². The highest BCUT2D eigenvalue weighted by atomic mass is 16.5. The van der Waals surface area contributed by atoms with Gasteiger partial charge in [-0.15, -0.1) is 0 Å². The first kappa shape index (κ1) is 29.8. The highest BCUT2D eigenvalue weighted by molar-refractivity contribution is 5.92. The first-order chi connectivity index (χ1) is 19.6. The molecule has 0 aliphatic carbocycles. The van der Waals surface area contributed by atoms with Crippen LogP contribution >= 0.6 is 0 Å². The van der Waals surface area contributed by atoms with Crippen LogP contribution in [-0.4, -0.2) is 46.4 Å². The lowest BCUT2D eigenvalue weighted by atomic mass is 10.0. The van der Waals surface area contributed by atoms with Crippen LogP contribution in [0.2, 0.25) is 0 Å². The van der Waals surface area contributed by atoms with Crippen LogP contribution < -0.4 is 16.3 Å². The predicted molar refractivity (Wildman–Crippen MR) is 154 cm³/mol. The van der Waals surface area contributed by atoms with E-state index in [1.54, 1.807) is 6.07 Å². The van der Waals surface area contributed by atoms with Crippen LogP contribution in [0.15, 0.2) is 57.7 Å². The van der Waals surface area contributed by atoms with Gasteiger partial charge in [0.15, 0.2) is 0 Å². The Morgan fingerprint density at radius 2 is 1.76 bits per heavy atom. The van der Waals surface area contributed by atoms with Crippen molar-refractivity contribution in [1.82, 2.24) is 20.5 Å². The summed E-state index contributed by atoms with van der Waals surface area (Å²) >= 11 is 0. The molecule has 1 saturated heterocycles. The smallest absolute Gasteiger partial charge is 0.408 e. The second-order valence-electron chi connectivity index (χ2n) is 11.2. The van der Waals surface area contributed by atoms with Crippen molar-refractivity contribution in [3.05, 3.63) is 76.0 Å². The van der Waals surface area contributed by atoms with E-state index in [9.17, 15) is 19.2 Å². The number of hydrogen-bond acceptors (Lipinski definition) is 7. The van der Waals surface area contributed by atoms with E-state index in [4.69, 9.17) is 9.15 Å². The molecule has 10 nitrogen and oxygen atoms in total. The minimum Gasteiger partial charge on any atom is -0.445 e. The van der Waals surface area contributed by atoms with Crippen LogP contribution in [0.1, 0.15) is 63.6 Å². The molecular formula is C31H38N4O6. The third-order valence-corrected chi connectivity index (χ3v) is 7.37. The summed E-state index contributed by atoms with van der Waals surface area (Å²) < 4.78 is 10.9. The molecule has 10 heteroatoms. The summed E-state index contributed by atoms with van der Waals surface area (Å²) in [5, 5.41) is 6.07. The van der Waals surface area contributed by atoms with Crippen molar-refractivity contribution in [3.63, 3.8) is 0 Å². The average Bonchev–Trinajstić information content (AvgIpc) is 3.43. The molecule has 2 N–H and O–H groups in total. The van der Waals surface area contributed by atoms with Crippen molar-refractivity contribution >= 4 is 28.8 Å². The van der Waals surface area contributed by atoms with Gasteiger partial charge >= 0.3 is 11.7 Å². The maximum Gasteiger partial charge on any atom is 0.408 e. The summed E-state index contributed by atoms with van der Waals surface area (Å²) in [6, 6.07) is 12.4. The zero-order chi connectivity index (χ0) is 29.7. The lowest BCUT2D eigenvalue weighted by Gasteiger charge is -2.31. The van der Waals surface area contributed by atoms with Gasteiger partial charge in [0.1, 0.15) is 24.7 Å². The van der Waals surface area contributed by atoms with Gasteiger partial charge in [-0.25, -0.2) is 14.6 Å². The molecule has 0 saturated carbocycles. The second kappa shape index (κ2) is 13.0. The standard InChI is InChI=1S/C31H38N4O6/c1-18(2)25(28-32-22-14-9-11-20(5)24(22)30(38)41-28)33-27(36)23-15-10-16-35(23)29(37)26(19(3)4)34-31(39)40-17-21-12-7-6-8-13-21/h6-9,11-14,18-19,23,25-26H,10,15-17H2,1-5H3,(H,33,36)(H,34,39)/t23-,25-,26-/m0/s1. The largest absolute Gasteiger partial charge is 0.445 e. The van der Waals surface area contributed by atoms with Crippen LogP contribution in [0, 0.1) is 18.8 Å². The number of likely N-dealkylation sites (tertiary alicyclic amines) is 1. The van der Waals surface area contributed by atoms with Gasteiger partial charge in [-0.3, -0.25) is 9.59 Å². The molecule has 1 aromatic heterocycles. The Kier molecular flexibility index (Phi) is 9.42. The van der Waals surface area contributed by atoms with E-state index >= 15 is 0 Å². The fraction of sp³-hybridized carbons (Fsp3) is 0.452. The van der Waals surface area contributed by atoms with E-state index in [1.165, 1.54) is 4.90 Å². The fourth-order valence-electron chi connectivity index (χ4n) is 5.08. The number of rotatable bonds is 9. The fourth-order valence-corrected chi connectivity index (χ4v) is 5.08. The van der Waals surface area contributed by atoms with Crippen molar-refractivity contribution in [2.24, 2.45) is 11.8 Å². The van der Waals surface area contributed by atoms with Crippen LogP contribution in [0.3, 0.4) is 0 Å². The third-order valence-electron chi connectivity index (χ3n) is 7.37. The number of carbonyl (C=O) groups excluding carboxylic acids is 3. The van der Waals surface area contributed by atoms with E-state index in [0.717, 1.165) is 11.1 Å². The number of aryl methyl sites for hydroxylation is 1. The minimum atomic E-state index is -0.865. The van der Waals surface area contributed by atoms with Crippen molar-refractivity contribution < 1.29 is 23.5 Å². The molecule has 1 fully saturated rings. The van der Waals surface area contributed by atoms with E-state index in [-0.39, 0.29) is 36.1 Å². The second-order valence-corrected chi connectivity index (χ2v) is 11.2. The van der Waals surface area contributed by atoms with E-state index < -0.39 is 29.8 Å². The Balaban J connectivity index is 1.47. The maximum absolute atomic E-state index is 13.6. The van der Waals surface area contributed by atoms with Gasteiger partial charge in [0.2, 0.25) is 17.7 Å². The number of benzene rings is 2. The number of ether oxygens (including phenoxy) is 1. The number of nitrogens with zero attached hydrogens (tertiary/aromatic N) is 2. The summed E-state index contributed by atoms with van der Waals surface area (Å²) in [5.74, 6) is -0.972. The summed E-state index contributed by atoms with van der Waals surface area (Å²) in [5.41, 5.74) is 1.58. The van der Waals surface area contributed by atoms with E-state index in [2.05, 4.69) is 15.6 Å². The van der Waals surface area contributed by atoms with Crippen molar-refractivity contribution in [1.29, 1.82) is 0 Å². The van der Waals surface area contributed by atoms with Crippen LogP contribution in [0.4, 0.5) is 4.79 Å². The molecule has 2 aromatic carbocycles. The van der Waals surface area contributed by atoms with Gasteiger partial charge in [-0.2, -0.15) is 0 Å². The first-order valence-electron chi connectivity index (χ1n) is 14.0. The van der Waals surface area contributed by atoms with Gasteiger partial charge in [-0.05, 0) is 48.8 Å².